The van der Waals surface area contributed by atoms with Crippen molar-refractivity contribution < 1.29 is 0 Å². The highest BCUT2D eigenvalue weighted by Crippen LogP contribution is 2.46. The molecule has 0 aromatic carbocycles. The molecule has 0 aliphatic heterocycles. The van der Waals surface area contributed by atoms with Gasteiger partial charge in [0.05, 0.1) is 0 Å². The molecule has 28 heavy (non-hydrogen) atoms. The highest BCUT2D eigenvalue weighted by atomic mass is 15.6. The highest BCUT2D eigenvalue weighted by molar-refractivity contribution is 5.12. The second-order valence-corrected chi connectivity index (χ2v) is 14.3. The molecule has 0 aliphatic rings. The predicted molar refractivity (Wildman–Crippen MR) is 127 cm³/mol. The molecule has 0 atom stereocenters. The summed E-state index contributed by atoms with van der Waals surface area (Å²) >= 11 is 0. The van der Waals surface area contributed by atoms with Crippen LogP contribution in [-0.4, -0.2) is 47.9 Å². The third kappa shape index (κ3) is 6.99. The summed E-state index contributed by atoms with van der Waals surface area (Å²) in [5, 5.41) is 0. The zero-order chi connectivity index (χ0) is 23.3. The van der Waals surface area contributed by atoms with Gasteiger partial charge in [0.1, 0.15) is 0 Å². The van der Waals surface area contributed by atoms with E-state index in [4.69, 9.17) is 0 Å². The van der Waals surface area contributed by atoms with Gasteiger partial charge in [0.15, 0.2) is 6.29 Å². The van der Waals surface area contributed by atoms with Gasteiger partial charge in [-0.2, -0.15) is 0 Å². The minimum atomic E-state index is -0.0307. The fourth-order valence-electron chi connectivity index (χ4n) is 5.12. The topological polar surface area (TPSA) is 9.72 Å². The fourth-order valence-corrected chi connectivity index (χ4v) is 5.12. The molecule has 0 heterocycles. The lowest BCUT2D eigenvalue weighted by Gasteiger charge is -2.64. The quantitative estimate of drug-likeness (QED) is 0.502. The SMILES string of the molecule is CC(C)(C)N([C](N(C(C)(C)C)C(C)(C)C)N(C(C)(C)C)C(C)(C)C)C(C)(C)C. The fraction of sp³-hybridized carbons (Fsp3) is 0.960. The van der Waals surface area contributed by atoms with Crippen LogP contribution in [0.2, 0.25) is 0 Å². The normalized spacial score (nSPS) is 16.1. The van der Waals surface area contributed by atoms with Crippen LogP contribution in [0.4, 0.5) is 0 Å². The molecule has 0 amide bonds. The first-order valence-corrected chi connectivity index (χ1v) is 11.0. The molecule has 0 saturated carbocycles. The Hall–Kier alpha value is -0.120. The summed E-state index contributed by atoms with van der Waals surface area (Å²) in [5.41, 5.74) is -0.184. The maximum absolute atomic E-state index is 2.65. The van der Waals surface area contributed by atoms with Crippen LogP contribution in [0.3, 0.4) is 0 Å². The molecule has 0 fully saturated rings. The van der Waals surface area contributed by atoms with Gasteiger partial charge in [-0.1, -0.05) is 0 Å². The number of hydrogen-bond acceptors (Lipinski definition) is 3. The van der Waals surface area contributed by atoms with Crippen molar-refractivity contribution in [2.75, 3.05) is 0 Å². The van der Waals surface area contributed by atoms with E-state index in [1.54, 1.807) is 0 Å². The van der Waals surface area contributed by atoms with Crippen molar-refractivity contribution >= 4 is 0 Å². The van der Waals surface area contributed by atoms with Gasteiger partial charge in [-0.15, -0.1) is 0 Å². The Balaban J connectivity index is 7.30. The second kappa shape index (κ2) is 7.85. The van der Waals surface area contributed by atoms with Gasteiger partial charge in [-0.25, -0.2) is 0 Å². The van der Waals surface area contributed by atoms with Gasteiger partial charge in [0.2, 0.25) is 0 Å². The minimum absolute atomic E-state index is 0.0307. The molecule has 0 N–H and O–H groups in total. The van der Waals surface area contributed by atoms with Crippen LogP contribution < -0.4 is 0 Å². The largest absolute Gasteiger partial charge is 0.259 e. The lowest BCUT2D eigenvalue weighted by atomic mass is 9.88. The van der Waals surface area contributed by atoms with Gasteiger partial charge in [0, 0.05) is 33.2 Å². The Labute approximate surface area is 179 Å². The van der Waals surface area contributed by atoms with E-state index in [1.807, 2.05) is 0 Å². The van der Waals surface area contributed by atoms with E-state index in [0.29, 0.717) is 0 Å². The van der Waals surface area contributed by atoms with Crippen LogP contribution in [0.15, 0.2) is 0 Å². The van der Waals surface area contributed by atoms with Gasteiger partial charge < -0.3 is 0 Å². The third-order valence-corrected chi connectivity index (χ3v) is 4.62. The molecule has 3 nitrogen and oxygen atoms in total. The van der Waals surface area contributed by atoms with Crippen LogP contribution in [0.5, 0.6) is 0 Å². The van der Waals surface area contributed by atoms with Gasteiger partial charge in [-0.3, -0.25) is 14.7 Å². The van der Waals surface area contributed by atoms with Gasteiger partial charge >= 0.3 is 0 Å². The molecular formula is C25H54N3. The number of hydrogen-bond donors (Lipinski definition) is 0. The first kappa shape index (κ1) is 27.9. The molecular weight excluding hydrogens is 342 g/mol. The third-order valence-electron chi connectivity index (χ3n) is 4.62. The summed E-state index contributed by atoms with van der Waals surface area (Å²) in [7, 11) is 0. The summed E-state index contributed by atoms with van der Waals surface area (Å²) in [5.74, 6) is 0. The van der Waals surface area contributed by atoms with E-state index in [0.717, 1.165) is 0 Å². The lowest BCUT2D eigenvalue weighted by Crippen LogP contribution is -2.73. The van der Waals surface area contributed by atoms with E-state index in [9.17, 15) is 0 Å². The van der Waals surface area contributed by atoms with Crippen LogP contribution in [-0.2, 0) is 0 Å². The van der Waals surface area contributed by atoms with E-state index >= 15 is 0 Å². The molecule has 1 radical (unpaired) electrons. The standard InChI is InChI=1S/C25H54N3/c1-20(2,3)26(21(4,5)6)19(27(22(7,8)9)23(10,11)12)28(24(13,14)15)25(16,17)18/h1-18H3. The van der Waals surface area contributed by atoms with Crippen molar-refractivity contribution in [2.45, 2.75) is 158 Å². The molecule has 0 unspecified atom stereocenters. The smallest absolute Gasteiger partial charge is 0.181 e. The van der Waals surface area contributed by atoms with Gasteiger partial charge in [0.25, 0.3) is 0 Å². The number of rotatable bonds is 3. The monoisotopic (exact) mass is 396 g/mol. The van der Waals surface area contributed by atoms with Crippen molar-refractivity contribution in [2.24, 2.45) is 0 Å². The Morgan fingerprint density at radius 1 is 0.286 bits per heavy atom. The minimum Gasteiger partial charge on any atom is -0.259 e. The molecule has 0 saturated heterocycles. The lowest BCUT2D eigenvalue weighted by molar-refractivity contribution is -0.165. The average molecular weight is 397 g/mol. The summed E-state index contributed by atoms with van der Waals surface area (Å²) in [6, 6.07) is 0. The highest BCUT2D eigenvalue weighted by Gasteiger charge is 2.54. The van der Waals surface area contributed by atoms with Gasteiger partial charge in [-0.05, 0) is 125 Å². The van der Waals surface area contributed by atoms with Crippen LogP contribution in [0.25, 0.3) is 0 Å². The summed E-state index contributed by atoms with van der Waals surface area (Å²) in [4.78, 5) is 7.94. The Kier molecular flexibility index (Phi) is 7.82. The van der Waals surface area contributed by atoms with E-state index in [-0.39, 0.29) is 33.2 Å². The van der Waals surface area contributed by atoms with Crippen molar-refractivity contribution in [3.05, 3.63) is 6.29 Å². The Bertz CT molecular complexity index is 375. The molecule has 0 rings (SSSR count). The van der Waals surface area contributed by atoms with Crippen molar-refractivity contribution in [1.82, 2.24) is 14.7 Å². The van der Waals surface area contributed by atoms with E-state index < -0.39 is 0 Å². The van der Waals surface area contributed by atoms with E-state index in [1.165, 1.54) is 6.29 Å². The van der Waals surface area contributed by atoms with E-state index in [2.05, 4.69) is 139 Å². The maximum Gasteiger partial charge on any atom is 0.181 e. The molecule has 0 aliphatic carbocycles. The predicted octanol–water partition coefficient (Wildman–Crippen LogP) is 7.13. The van der Waals surface area contributed by atoms with Crippen LogP contribution >= 0.6 is 0 Å². The maximum atomic E-state index is 2.65. The molecule has 0 aromatic heterocycles. The average Bonchev–Trinajstić information content (AvgIpc) is 2.13. The van der Waals surface area contributed by atoms with Crippen LogP contribution in [0.1, 0.15) is 125 Å². The summed E-state index contributed by atoms with van der Waals surface area (Å²) in [6.45, 7) is 42.1. The molecule has 0 spiro atoms. The summed E-state index contributed by atoms with van der Waals surface area (Å²) < 4.78 is 0. The zero-order valence-electron chi connectivity index (χ0n) is 22.8. The zero-order valence-corrected chi connectivity index (χ0v) is 22.8. The van der Waals surface area contributed by atoms with Crippen molar-refractivity contribution in [1.29, 1.82) is 0 Å². The first-order chi connectivity index (χ1) is 11.7. The Morgan fingerprint density at radius 2 is 0.393 bits per heavy atom. The molecule has 0 bridgehead atoms. The summed E-state index contributed by atoms with van der Waals surface area (Å²) in [6.07, 6.45) is 1.32. The Morgan fingerprint density at radius 3 is 0.464 bits per heavy atom. The number of nitrogens with zero attached hydrogens (tertiary/aromatic N) is 3. The first-order valence-electron chi connectivity index (χ1n) is 11.0. The van der Waals surface area contributed by atoms with Crippen LogP contribution in [0, 0.1) is 6.29 Å². The molecule has 169 valence electrons. The molecule has 3 heteroatoms. The molecule has 0 aromatic rings. The van der Waals surface area contributed by atoms with Crippen molar-refractivity contribution in [3.8, 4) is 0 Å². The second-order valence-electron chi connectivity index (χ2n) is 14.3. The van der Waals surface area contributed by atoms with Crippen molar-refractivity contribution in [3.63, 3.8) is 0 Å².